The van der Waals surface area contributed by atoms with E-state index in [1.807, 2.05) is 56.3 Å². The summed E-state index contributed by atoms with van der Waals surface area (Å²) in [5, 5.41) is 8.43. The molecular weight excluding hydrogens is 346 g/mol. The van der Waals surface area contributed by atoms with Gasteiger partial charge in [-0.25, -0.2) is 4.98 Å². The Kier molecular flexibility index (Phi) is 4.30. The molecule has 2 aromatic heterocycles. The molecular formula is C19H17N5OS. The average Bonchev–Trinajstić information content (AvgIpc) is 3.14. The van der Waals surface area contributed by atoms with Crippen LogP contribution in [0.1, 0.15) is 17.0 Å². The zero-order valence-electron chi connectivity index (χ0n) is 14.5. The topological polar surface area (TPSA) is 65.6 Å². The second kappa shape index (κ2) is 6.76. The van der Waals surface area contributed by atoms with Gasteiger partial charge in [-0.3, -0.25) is 9.36 Å². The summed E-state index contributed by atoms with van der Waals surface area (Å²) in [7, 11) is 0. The van der Waals surface area contributed by atoms with Crippen LogP contribution in [0.3, 0.4) is 0 Å². The number of para-hydroxylation sites is 1. The zero-order chi connectivity index (χ0) is 18.1. The van der Waals surface area contributed by atoms with Crippen molar-refractivity contribution in [1.29, 1.82) is 0 Å². The minimum absolute atomic E-state index is 0.0448. The van der Waals surface area contributed by atoms with Crippen molar-refractivity contribution in [3.63, 3.8) is 0 Å². The molecule has 0 aliphatic carbocycles. The van der Waals surface area contributed by atoms with E-state index in [9.17, 15) is 4.79 Å². The van der Waals surface area contributed by atoms with E-state index in [-0.39, 0.29) is 5.56 Å². The molecule has 6 nitrogen and oxygen atoms in total. The minimum atomic E-state index is -0.0448. The van der Waals surface area contributed by atoms with Gasteiger partial charge in [-0.15, -0.1) is 5.10 Å². The molecule has 7 heteroatoms. The predicted octanol–water partition coefficient (Wildman–Crippen LogP) is 3.29. The van der Waals surface area contributed by atoms with Crippen LogP contribution < -0.4 is 5.56 Å². The third kappa shape index (κ3) is 2.90. The van der Waals surface area contributed by atoms with E-state index in [0.29, 0.717) is 22.5 Å². The molecule has 0 spiro atoms. The first-order chi connectivity index (χ1) is 12.6. The number of aryl methyl sites for hydroxylation is 2. The molecule has 0 fully saturated rings. The van der Waals surface area contributed by atoms with Crippen LogP contribution >= 0.6 is 11.9 Å². The summed E-state index contributed by atoms with van der Waals surface area (Å²) >= 11 is 1.44. The Labute approximate surface area is 154 Å². The lowest BCUT2D eigenvalue weighted by Gasteiger charge is -2.16. The maximum Gasteiger partial charge on any atom is 0.266 e. The maximum absolute atomic E-state index is 13.4. The standard InChI is InChI=1S/C19H17N5OS/c1-13-6-3-4-9-16(13)24-17(12-26-23-11-10-20-22-23)21-15-8-5-7-14(2)18(15)19(24)25/h3-11H,12H2,1-2H3. The molecule has 0 radical (unpaired) electrons. The number of nitrogens with zero attached hydrogens (tertiary/aromatic N) is 5. The molecule has 0 unspecified atom stereocenters. The van der Waals surface area contributed by atoms with Crippen molar-refractivity contribution >= 4 is 22.9 Å². The molecule has 4 rings (SSSR count). The molecule has 2 aromatic carbocycles. The Balaban J connectivity index is 1.95. The number of fused-ring (bicyclic) bond motifs is 1. The fraction of sp³-hybridized carbons (Fsp3) is 0.158. The Morgan fingerprint density at radius 1 is 1.04 bits per heavy atom. The summed E-state index contributed by atoms with van der Waals surface area (Å²) < 4.78 is 3.38. The predicted molar refractivity (Wildman–Crippen MR) is 104 cm³/mol. The smallest absolute Gasteiger partial charge is 0.266 e. The van der Waals surface area contributed by atoms with E-state index >= 15 is 0 Å². The molecule has 0 bridgehead atoms. The van der Waals surface area contributed by atoms with Gasteiger partial charge < -0.3 is 0 Å². The zero-order valence-corrected chi connectivity index (χ0v) is 15.3. The lowest BCUT2D eigenvalue weighted by Crippen LogP contribution is -2.25. The van der Waals surface area contributed by atoms with E-state index in [0.717, 1.165) is 16.8 Å². The second-order valence-corrected chi connectivity index (χ2v) is 6.92. The first-order valence-electron chi connectivity index (χ1n) is 8.22. The average molecular weight is 363 g/mol. The van der Waals surface area contributed by atoms with Gasteiger partial charge in [0.15, 0.2) is 0 Å². The Morgan fingerprint density at radius 3 is 2.62 bits per heavy atom. The van der Waals surface area contributed by atoms with Crippen LogP contribution in [-0.4, -0.2) is 24.0 Å². The monoisotopic (exact) mass is 363 g/mol. The molecule has 0 N–H and O–H groups in total. The fourth-order valence-corrected chi connectivity index (χ4v) is 3.67. The van der Waals surface area contributed by atoms with Gasteiger partial charge in [-0.2, -0.15) is 4.09 Å². The lowest BCUT2D eigenvalue weighted by molar-refractivity contribution is 0.860. The number of aromatic nitrogens is 5. The molecule has 0 atom stereocenters. The quantitative estimate of drug-likeness (QED) is 0.557. The molecule has 0 saturated heterocycles. The van der Waals surface area contributed by atoms with E-state index in [2.05, 4.69) is 10.3 Å². The SMILES string of the molecule is Cc1ccccc1-n1c(CSn2ccnn2)nc2cccc(C)c2c1=O. The first-order valence-corrected chi connectivity index (χ1v) is 9.16. The number of benzene rings is 2. The summed E-state index contributed by atoms with van der Waals surface area (Å²) in [6, 6.07) is 13.6. The highest BCUT2D eigenvalue weighted by Gasteiger charge is 2.15. The van der Waals surface area contributed by atoms with Gasteiger partial charge >= 0.3 is 0 Å². The van der Waals surface area contributed by atoms with Gasteiger partial charge in [-0.05, 0) is 49.1 Å². The normalized spacial score (nSPS) is 11.2. The van der Waals surface area contributed by atoms with Crippen molar-refractivity contribution in [3.8, 4) is 5.69 Å². The summed E-state index contributed by atoms with van der Waals surface area (Å²) in [6.45, 7) is 3.94. The van der Waals surface area contributed by atoms with Crippen molar-refractivity contribution in [2.75, 3.05) is 0 Å². The van der Waals surface area contributed by atoms with Crippen LogP contribution in [0.5, 0.6) is 0 Å². The molecule has 26 heavy (non-hydrogen) atoms. The van der Waals surface area contributed by atoms with Crippen LogP contribution in [0.2, 0.25) is 0 Å². The first kappa shape index (κ1) is 16.5. The van der Waals surface area contributed by atoms with Crippen LogP contribution in [0, 0.1) is 13.8 Å². The van der Waals surface area contributed by atoms with Crippen molar-refractivity contribution in [3.05, 3.63) is 82.2 Å². The third-order valence-electron chi connectivity index (χ3n) is 4.26. The van der Waals surface area contributed by atoms with Gasteiger partial charge in [0.05, 0.1) is 34.7 Å². The molecule has 130 valence electrons. The lowest BCUT2D eigenvalue weighted by atomic mass is 10.1. The van der Waals surface area contributed by atoms with Crippen LogP contribution in [-0.2, 0) is 5.75 Å². The summed E-state index contributed by atoms with van der Waals surface area (Å²) in [6.07, 6.45) is 3.39. The van der Waals surface area contributed by atoms with E-state index in [1.165, 1.54) is 11.9 Å². The van der Waals surface area contributed by atoms with Gasteiger partial charge in [-0.1, -0.05) is 35.5 Å². The summed E-state index contributed by atoms with van der Waals surface area (Å²) in [5.74, 6) is 1.18. The van der Waals surface area contributed by atoms with Crippen molar-refractivity contribution in [2.45, 2.75) is 19.6 Å². The maximum atomic E-state index is 13.4. The van der Waals surface area contributed by atoms with E-state index in [1.54, 1.807) is 21.0 Å². The van der Waals surface area contributed by atoms with Crippen molar-refractivity contribution in [1.82, 2.24) is 24.0 Å². The Bertz CT molecular complexity index is 1130. The highest BCUT2D eigenvalue weighted by atomic mass is 32.2. The molecule has 2 heterocycles. The number of hydrogen-bond donors (Lipinski definition) is 0. The van der Waals surface area contributed by atoms with Crippen molar-refractivity contribution in [2.24, 2.45) is 0 Å². The largest absolute Gasteiger partial charge is 0.268 e. The molecule has 0 aliphatic rings. The molecule has 4 aromatic rings. The highest BCUT2D eigenvalue weighted by molar-refractivity contribution is 7.96. The highest BCUT2D eigenvalue weighted by Crippen LogP contribution is 2.21. The van der Waals surface area contributed by atoms with Crippen LogP contribution in [0.4, 0.5) is 0 Å². The van der Waals surface area contributed by atoms with E-state index < -0.39 is 0 Å². The Morgan fingerprint density at radius 2 is 1.85 bits per heavy atom. The van der Waals surface area contributed by atoms with Gasteiger partial charge in [0.25, 0.3) is 5.56 Å². The molecule has 0 saturated carbocycles. The number of hydrogen-bond acceptors (Lipinski definition) is 5. The molecule has 0 amide bonds. The summed E-state index contributed by atoms with van der Waals surface area (Å²) in [5.41, 5.74) is 3.48. The van der Waals surface area contributed by atoms with E-state index in [4.69, 9.17) is 4.98 Å². The van der Waals surface area contributed by atoms with Gasteiger partial charge in [0.1, 0.15) is 5.82 Å². The second-order valence-electron chi connectivity index (χ2n) is 6.00. The fourth-order valence-electron chi connectivity index (χ4n) is 2.99. The van der Waals surface area contributed by atoms with Crippen LogP contribution in [0.15, 0.2) is 59.7 Å². The molecule has 0 aliphatic heterocycles. The Hall–Kier alpha value is -2.93. The minimum Gasteiger partial charge on any atom is -0.268 e. The van der Waals surface area contributed by atoms with Gasteiger partial charge in [0.2, 0.25) is 0 Å². The van der Waals surface area contributed by atoms with Crippen LogP contribution in [0.25, 0.3) is 16.6 Å². The van der Waals surface area contributed by atoms with Crippen molar-refractivity contribution < 1.29 is 0 Å². The third-order valence-corrected chi connectivity index (χ3v) is 5.10. The number of rotatable bonds is 4. The summed E-state index contributed by atoms with van der Waals surface area (Å²) in [4.78, 5) is 18.2. The van der Waals surface area contributed by atoms with Gasteiger partial charge in [0, 0.05) is 0 Å².